The number of hydrogen-bond donors (Lipinski definition) is 4. The van der Waals surface area contributed by atoms with E-state index in [1.807, 2.05) is 52.8 Å². The van der Waals surface area contributed by atoms with Crippen LogP contribution >= 0.6 is 0 Å². The van der Waals surface area contributed by atoms with Gasteiger partial charge in [-0.15, -0.1) is 0 Å². The molecule has 46 heavy (non-hydrogen) atoms. The molecule has 8 heteroatoms. The first-order valence-electron chi connectivity index (χ1n) is 17.4. The van der Waals surface area contributed by atoms with Crippen LogP contribution in [0.3, 0.4) is 0 Å². The Kier molecular flexibility index (Phi) is 24.1. The molecule has 0 aromatic heterocycles. The Hall–Kier alpha value is -3.23. The van der Waals surface area contributed by atoms with E-state index in [2.05, 4.69) is 60.6 Å². The van der Waals surface area contributed by atoms with Crippen LogP contribution in [0.5, 0.6) is 0 Å². The Bertz CT molecular complexity index is 1050. The molecule has 0 bridgehead atoms. The average molecular weight is 640 g/mol. The number of nitrogens with one attached hydrogen (secondary N) is 3. The number of aryl methyl sites for hydroxylation is 1. The maximum absolute atomic E-state index is 13.0. The van der Waals surface area contributed by atoms with Crippen molar-refractivity contribution in [1.29, 1.82) is 0 Å². The molecule has 1 rings (SSSR count). The van der Waals surface area contributed by atoms with Crippen molar-refractivity contribution in [2.75, 3.05) is 19.6 Å². The van der Waals surface area contributed by atoms with Gasteiger partial charge in [-0.1, -0.05) is 95.3 Å². The fraction of sp³-hybridized carbons (Fsp3) is 0.605. The number of carbonyl (C=O) groups is 3. The average Bonchev–Trinajstić information content (AvgIpc) is 3.06. The topological polar surface area (TPSA) is 117 Å². The predicted octanol–water partition coefficient (Wildman–Crippen LogP) is 5.87. The SMILES string of the molecule is C=C/C=C\C=C(/C)CC(N)C(=O)NC(C)C(CCNCC)CCC(CC)N(C=O)C(C)C(=O)NCCc1ccc(CC)cc1.CC. The summed E-state index contributed by atoms with van der Waals surface area (Å²) in [4.78, 5) is 39.9. The van der Waals surface area contributed by atoms with E-state index in [1.54, 1.807) is 17.9 Å². The van der Waals surface area contributed by atoms with Gasteiger partial charge in [-0.2, -0.15) is 0 Å². The van der Waals surface area contributed by atoms with Gasteiger partial charge in [-0.3, -0.25) is 14.4 Å². The highest BCUT2D eigenvalue weighted by Gasteiger charge is 2.28. The minimum absolute atomic E-state index is 0.0851. The molecule has 5 unspecified atom stereocenters. The molecule has 0 fully saturated rings. The number of rotatable bonds is 23. The van der Waals surface area contributed by atoms with Crippen LogP contribution in [0.15, 0.2) is 60.7 Å². The Morgan fingerprint density at radius 2 is 1.61 bits per heavy atom. The summed E-state index contributed by atoms with van der Waals surface area (Å²) in [7, 11) is 0. The van der Waals surface area contributed by atoms with Crippen LogP contribution in [0, 0.1) is 5.92 Å². The third kappa shape index (κ3) is 16.9. The molecule has 0 saturated heterocycles. The molecule has 0 saturated carbocycles. The van der Waals surface area contributed by atoms with Gasteiger partial charge < -0.3 is 26.6 Å². The van der Waals surface area contributed by atoms with Crippen LogP contribution in [-0.2, 0) is 27.2 Å². The van der Waals surface area contributed by atoms with Crippen molar-refractivity contribution in [2.45, 2.75) is 125 Å². The number of hydrogen-bond acceptors (Lipinski definition) is 5. The van der Waals surface area contributed by atoms with Crippen molar-refractivity contribution in [3.8, 4) is 0 Å². The standard InChI is InChI=1S/C36H59N5O3.C2H6/c1-8-12-13-14-27(5)25-34(37)36(44)40-28(6)32(22-23-38-11-4)19-20-33(10-3)41(26-42)29(7)35(43)39-24-21-31-17-15-30(9-2)16-18-31;1-2/h8,12-18,26,28-29,32-34,38H,1,9-11,19-25,37H2,2-7H3,(H,39,43)(H,40,44);1-2H3/b13-12-,27-14+;. The summed E-state index contributed by atoms with van der Waals surface area (Å²) in [6.45, 7) is 21.9. The highest BCUT2D eigenvalue weighted by molar-refractivity contribution is 5.83. The minimum atomic E-state index is -0.635. The van der Waals surface area contributed by atoms with Gasteiger partial charge in [0.1, 0.15) is 6.04 Å². The summed E-state index contributed by atoms with van der Waals surface area (Å²) in [5.41, 5.74) is 9.72. The minimum Gasteiger partial charge on any atom is -0.354 e. The third-order valence-electron chi connectivity index (χ3n) is 8.38. The summed E-state index contributed by atoms with van der Waals surface area (Å²) in [5, 5.41) is 9.55. The van der Waals surface area contributed by atoms with Crippen molar-refractivity contribution in [1.82, 2.24) is 20.9 Å². The second kappa shape index (κ2) is 25.9. The lowest BCUT2D eigenvalue weighted by Crippen LogP contribution is -2.50. The zero-order chi connectivity index (χ0) is 34.9. The summed E-state index contributed by atoms with van der Waals surface area (Å²) >= 11 is 0. The molecule has 0 radical (unpaired) electrons. The maximum Gasteiger partial charge on any atom is 0.242 e. The van der Waals surface area contributed by atoms with E-state index in [4.69, 9.17) is 5.73 Å². The van der Waals surface area contributed by atoms with Crippen LogP contribution in [0.4, 0.5) is 0 Å². The lowest BCUT2D eigenvalue weighted by Gasteiger charge is -2.34. The van der Waals surface area contributed by atoms with Crippen LogP contribution in [0.25, 0.3) is 0 Å². The molecule has 260 valence electrons. The summed E-state index contributed by atoms with van der Waals surface area (Å²) in [6, 6.07) is 7.06. The van der Waals surface area contributed by atoms with Gasteiger partial charge in [0, 0.05) is 18.6 Å². The van der Waals surface area contributed by atoms with E-state index in [0.29, 0.717) is 13.0 Å². The van der Waals surface area contributed by atoms with Crippen LogP contribution < -0.4 is 21.7 Å². The first-order chi connectivity index (χ1) is 22.1. The number of nitrogens with zero attached hydrogens (tertiary/aromatic N) is 1. The first kappa shape index (κ1) is 42.8. The summed E-state index contributed by atoms with van der Waals surface area (Å²) < 4.78 is 0. The van der Waals surface area contributed by atoms with E-state index in [-0.39, 0.29) is 29.8 Å². The molecule has 0 spiro atoms. The number of nitrogens with two attached hydrogens (primary N) is 1. The van der Waals surface area contributed by atoms with Gasteiger partial charge in [0.05, 0.1) is 6.04 Å². The second-order valence-corrected chi connectivity index (χ2v) is 11.7. The molecule has 3 amide bonds. The Balaban J connectivity index is 0.00000991. The van der Waals surface area contributed by atoms with Gasteiger partial charge in [-0.25, -0.2) is 0 Å². The molecule has 1 aromatic rings. The molecule has 1 aromatic carbocycles. The highest BCUT2D eigenvalue weighted by atomic mass is 16.2. The smallest absolute Gasteiger partial charge is 0.242 e. The van der Waals surface area contributed by atoms with E-state index in [0.717, 1.165) is 63.6 Å². The zero-order valence-electron chi connectivity index (χ0n) is 30.1. The van der Waals surface area contributed by atoms with Gasteiger partial charge in [0.2, 0.25) is 18.2 Å². The lowest BCUT2D eigenvalue weighted by molar-refractivity contribution is -0.134. The van der Waals surface area contributed by atoms with Crippen molar-refractivity contribution in [3.63, 3.8) is 0 Å². The highest BCUT2D eigenvalue weighted by Crippen LogP contribution is 2.22. The Morgan fingerprint density at radius 1 is 0.957 bits per heavy atom. The molecule has 8 nitrogen and oxygen atoms in total. The number of allylic oxidation sites excluding steroid dienone is 4. The van der Waals surface area contributed by atoms with E-state index in [1.165, 1.54) is 11.1 Å². The van der Waals surface area contributed by atoms with Crippen molar-refractivity contribution < 1.29 is 14.4 Å². The fourth-order valence-corrected chi connectivity index (χ4v) is 5.38. The second-order valence-electron chi connectivity index (χ2n) is 11.7. The zero-order valence-corrected chi connectivity index (χ0v) is 30.1. The first-order valence-corrected chi connectivity index (χ1v) is 17.4. The quantitative estimate of drug-likeness (QED) is 0.0680. The Labute approximate surface area is 280 Å². The van der Waals surface area contributed by atoms with Crippen molar-refractivity contribution >= 4 is 18.2 Å². The van der Waals surface area contributed by atoms with E-state index in [9.17, 15) is 14.4 Å². The molecule has 5 atom stereocenters. The maximum atomic E-state index is 13.0. The van der Waals surface area contributed by atoms with Crippen molar-refractivity contribution in [3.05, 3.63) is 71.8 Å². The number of carbonyl (C=O) groups excluding carboxylic acids is 3. The predicted molar refractivity (Wildman–Crippen MR) is 195 cm³/mol. The van der Waals surface area contributed by atoms with E-state index >= 15 is 0 Å². The monoisotopic (exact) mass is 640 g/mol. The van der Waals surface area contributed by atoms with Gasteiger partial charge >= 0.3 is 0 Å². The molecule has 0 aliphatic rings. The molecule has 0 aliphatic heterocycles. The summed E-state index contributed by atoms with van der Waals surface area (Å²) in [6.07, 6.45) is 13.5. The normalized spacial score (nSPS) is 14.7. The number of amides is 3. The van der Waals surface area contributed by atoms with E-state index < -0.39 is 12.1 Å². The Morgan fingerprint density at radius 3 is 2.17 bits per heavy atom. The molecule has 5 N–H and O–H groups in total. The van der Waals surface area contributed by atoms with Gasteiger partial charge in [-0.05, 0) is 95.9 Å². The fourth-order valence-electron chi connectivity index (χ4n) is 5.38. The lowest BCUT2D eigenvalue weighted by atomic mass is 9.89. The van der Waals surface area contributed by atoms with Gasteiger partial charge in [0.25, 0.3) is 0 Å². The molecular weight excluding hydrogens is 574 g/mol. The van der Waals surface area contributed by atoms with Crippen molar-refractivity contribution in [2.24, 2.45) is 11.7 Å². The molecule has 0 aliphatic carbocycles. The van der Waals surface area contributed by atoms with Crippen LogP contribution in [0.2, 0.25) is 0 Å². The van der Waals surface area contributed by atoms with Gasteiger partial charge in [0.15, 0.2) is 0 Å². The largest absolute Gasteiger partial charge is 0.354 e. The van der Waals surface area contributed by atoms with Crippen LogP contribution in [0.1, 0.15) is 98.6 Å². The molecule has 0 heterocycles. The van der Waals surface area contributed by atoms with Crippen LogP contribution in [-0.4, -0.2) is 66.9 Å². The summed E-state index contributed by atoms with van der Waals surface area (Å²) in [5.74, 6) is -0.133. The third-order valence-corrected chi connectivity index (χ3v) is 8.38. The molecular formula is C38H65N5O3. The number of benzene rings is 1.